The zero-order valence-corrected chi connectivity index (χ0v) is 17.0. The molecule has 146 valence electrons. The van der Waals surface area contributed by atoms with E-state index >= 15 is 0 Å². The molecule has 0 radical (unpaired) electrons. The van der Waals surface area contributed by atoms with E-state index in [-0.39, 0.29) is 11.8 Å². The third-order valence-corrected chi connectivity index (χ3v) is 4.83. The lowest BCUT2D eigenvalue weighted by Gasteiger charge is -2.29. The lowest BCUT2D eigenvalue weighted by atomic mass is 9.86. The van der Waals surface area contributed by atoms with Gasteiger partial charge in [0.2, 0.25) is 5.91 Å². The van der Waals surface area contributed by atoms with Crippen molar-refractivity contribution >= 4 is 11.8 Å². The molecule has 0 aromatic carbocycles. The molecule has 2 N–H and O–H groups in total. The number of fused-ring (bicyclic) bond motifs is 1. The number of aromatic nitrogens is 2. The molecule has 7 heteroatoms. The van der Waals surface area contributed by atoms with Gasteiger partial charge in [0.15, 0.2) is 5.69 Å². The fraction of sp³-hybridized carbons (Fsp3) is 0.737. The Kier molecular flexibility index (Phi) is 6.44. The molecule has 2 rings (SSSR count). The molecule has 0 saturated carbocycles. The van der Waals surface area contributed by atoms with Gasteiger partial charge in [0.25, 0.3) is 5.91 Å². The van der Waals surface area contributed by atoms with Crippen molar-refractivity contribution in [1.29, 1.82) is 0 Å². The van der Waals surface area contributed by atoms with Gasteiger partial charge >= 0.3 is 0 Å². The highest BCUT2D eigenvalue weighted by atomic mass is 16.2. The van der Waals surface area contributed by atoms with E-state index in [4.69, 9.17) is 0 Å². The van der Waals surface area contributed by atoms with E-state index in [0.29, 0.717) is 12.2 Å². The van der Waals surface area contributed by atoms with Gasteiger partial charge in [-0.05, 0) is 31.8 Å². The molecule has 26 heavy (non-hydrogen) atoms. The summed E-state index contributed by atoms with van der Waals surface area (Å²) in [5.74, 6) is 0.507. The molecule has 1 aromatic rings. The van der Waals surface area contributed by atoms with Crippen LogP contribution >= 0.6 is 0 Å². The number of amides is 2. The molecule has 1 aliphatic heterocycles. The Hall–Kier alpha value is -1.89. The summed E-state index contributed by atoms with van der Waals surface area (Å²) in [7, 11) is 3.65. The molecule has 2 amide bonds. The molecule has 0 spiro atoms. The van der Waals surface area contributed by atoms with Gasteiger partial charge in [0.05, 0.1) is 5.69 Å². The summed E-state index contributed by atoms with van der Waals surface area (Å²) < 4.78 is 2.20. The van der Waals surface area contributed by atoms with Crippen LogP contribution in [0.3, 0.4) is 0 Å². The molecule has 1 atom stereocenters. The molecule has 2 heterocycles. The highest BCUT2D eigenvalue weighted by molar-refractivity contribution is 5.97. The molecule has 0 fully saturated rings. The number of hydrogen-bond donors (Lipinski definition) is 2. The molecule has 1 unspecified atom stereocenters. The van der Waals surface area contributed by atoms with Crippen LogP contribution in [0.1, 0.15) is 62.5 Å². The Morgan fingerprint density at radius 3 is 2.54 bits per heavy atom. The molecular weight excluding hydrogens is 330 g/mol. The van der Waals surface area contributed by atoms with E-state index in [1.54, 1.807) is 7.05 Å². The number of aryl methyl sites for hydroxylation is 1. The average Bonchev–Trinajstić information content (AvgIpc) is 2.76. The van der Waals surface area contributed by atoms with Crippen molar-refractivity contribution in [3.05, 3.63) is 17.2 Å². The number of nitrogens with zero attached hydrogens (tertiary/aromatic N) is 3. The third kappa shape index (κ3) is 4.44. The highest BCUT2D eigenvalue weighted by Gasteiger charge is 2.34. The molecule has 0 saturated heterocycles. The van der Waals surface area contributed by atoms with Gasteiger partial charge in [-0.15, -0.1) is 0 Å². The highest BCUT2D eigenvalue weighted by Crippen LogP contribution is 2.22. The number of rotatable bonds is 5. The standard InChI is InChI=1S/C19H33N5O2/c1-7-9-14-21-15(13-12-23(6)10-8-11-24(13)14)17(25)22-16(18(26)20-5)19(2,3)4/h16H,7-12H2,1-6H3,(H,20,26)(H,22,25). The fourth-order valence-electron chi connectivity index (χ4n) is 3.41. The molecule has 0 aliphatic carbocycles. The van der Waals surface area contributed by atoms with Crippen molar-refractivity contribution in [2.75, 3.05) is 20.6 Å². The van der Waals surface area contributed by atoms with E-state index in [1.165, 1.54) is 0 Å². The summed E-state index contributed by atoms with van der Waals surface area (Å²) in [6, 6.07) is -0.615. The minimum absolute atomic E-state index is 0.193. The fourth-order valence-corrected chi connectivity index (χ4v) is 3.41. The monoisotopic (exact) mass is 363 g/mol. The van der Waals surface area contributed by atoms with Crippen molar-refractivity contribution in [1.82, 2.24) is 25.1 Å². The topological polar surface area (TPSA) is 79.3 Å². The first-order chi connectivity index (χ1) is 12.2. The Balaban J connectivity index is 2.37. The van der Waals surface area contributed by atoms with Gasteiger partial charge in [0.1, 0.15) is 11.9 Å². The Bertz CT molecular complexity index is 660. The average molecular weight is 364 g/mol. The first-order valence-corrected chi connectivity index (χ1v) is 9.48. The smallest absolute Gasteiger partial charge is 0.272 e. The van der Waals surface area contributed by atoms with Gasteiger partial charge in [-0.1, -0.05) is 27.7 Å². The van der Waals surface area contributed by atoms with Crippen LogP contribution in [0.15, 0.2) is 0 Å². The molecule has 1 aliphatic rings. The normalized spacial score (nSPS) is 16.5. The van der Waals surface area contributed by atoms with Crippen molar-refractivity contribution in [3.63, 3.8) is 0 Å². The van der Waals surface area contributed by atoms with Crippen molar-refractivity contribution in [3.8, 4) is 0 Å². The summed E-state index contributed by atoms with van der Waals surface area (Å²) in [6.07, 6.45) is 2.87. The number of carbonyl (C=O) groups is 2. The lowest BCUT2D eigenvalue weighted by Crippen LogP contribution is -2.53. The molecule has 7 nitrogen and oxygen atoms in total. The SMILES string of the molecule is CCCc1nc(C(=O)NC(C(=O)NC)C(C)(C)C)c2n1CCCN(C)C2. The van der Waals surface area contributed by atoms with Crippen molar-refractivity contribution < 1.29 is 9.59 Å². The summed E-state index contributed by atoms with van der Waals surface area (Å²) in [5, 5.41) is 5.57. The van der Waals surface area contributed by atoms with Gasteiger partial charge in [-0.25, -0.2) is 4.98 Å². The van der Waals surface area contributed by atoms with E-state index in [1.807, 2.05) is 20.8 Å². The molecular formula is C19H33N5O2. The van der Waals surface area contributed by atoms with Crippen LogP contribution in [0, 0.1) is 5.41 Å². The molecule has 0 bridgehead atoms. The van der Waals surface area contributed by atoms with Crippen LogP contribution in [0.25, 0.3) is 0 Å². The second kappa shape index (κ2) is 8.20. The quantitative estimate of drug-likeness (QED) is 0.832. The van der Waals surface area contributed by atoms with Crippen molar-refractivity contribution in [2.24, 2.45) is 5.41 Å². The van der Waals surface area contributed by atoms with Crippen LogP contribution in [0.4, 0.5) is 0 Å². The number of likely N-dealkylation sites (N-methyl/N-ethyl adjacent to an activating group) is 1. The Morgan fingerprint density at radius 2 is 1.96 bits per heavy atom. The van der Waals surface area contributed by atoms with Crippen LogP contribution in [0.5, 0.6) is 0 Å². The first kappa shape index (κ1) is 20.4. The van der Waals surface area contributed by atoms with Gasteiger partial charge in [0, 0.05) is 26.6 Å². The summed E-state index contributed by atoms with van der Waals surface area (Å²) in [4.78, 5) is 32.2. The van der Waals surface area contributed by atoms with Gasteiger partial charge in [-0.2, -0.15) is 0 Å². The number of hydrogen-bond acceptors (Lipinski definition) is 4. The number of carbonyl (C=O) groups excluding carboxylic acids is 2. The predicted molar refractivity (Wildman–Crippen MR) is 102 cm³/mol. The second-order valence-electron chi connectivity index (χ2n) is 8.20. The maximum Gasteiger partial charge on any atom is 0.272 e. The van der Waals surface area contributed by atoms with Gasteiger partial charge < -0.3 is 20.1 Å². The lowest BCUT2D eigenvalue weighted by molar-refractivity contribution is -0.124. The number of nitrogens with one attached hydrogen (secondary N) is 2. The zero-order chi connectivity index (χ0) is 19.5. The maximum absolute atomic E-state index is 13.0. The minimum atomic E-state index is -0.615. The Labute approximate surface area is 156 Å². The largest absolute Gasteiger partial charge is 0.357 e. The van der Waals surface area contributed by atoms with Crippen LogP contribution in [-0.4, -0.2) is 52.9 Å². The van der Waals surface area contributed by atoms with Crippen LogP contribution < -0.4 is 10.6 Å². The van der Waals surface area contributed by atoms with Crippen LogP contribution in [0.2, 0.25) is 0 Å². The predicted octanol–water partition coefficient (Wildman–Crippen LogP) is 1.56. The molecule has 1 aromatic heterocycles. The van der Waals surface area contributed by atoms with Crippen LogP contribution in [-0.2, 0) is 24.3 Å². The van der Waals surface area contributed by atoms with E-state index < -0.39 is 11.5 Å². The Morgan fingerprint density at radius 1 is 1.27 bits per heavy atom. The summed E-state index contributed by atoms with van der Waals surface area (Å²) in [5.41, 5.74) is 1.02. The summed E-state index contributed by atoms with van der Waals surface area (Å²) in [6.45, 7) is 10.5. The van der Waals surface area contributed by atoms with E-state index in [2.05, 4.69) is 39.1 Å². The second-order valence-corrected chi connectivity index (χ2v) is 8.20. The summed E-state index contributed by atoms with van der Waals surface area (Å²) >= 11 is 0. The van der Waals surface area contributed by atoms with Gasteiger partial charge in [-0.3, -0.25) is 9.59 Å². The first-order valence-electron chi connectivity index (χ1n) is 9.48. The van der Waals surface area contributed by atoms with E-state index in [9.17, 15) is 9.59 Å². The number of imidazole rings is 1. The maximum atomic E-state index is 13.0. The zero-order valence-electron chi connectivity index (χ0n) is 17.0. The van der Waals surface area contributed by atoms with Crippen molar-refractivity contribution in [2.45, 2.75) is 66.1 Å². The van der Waals surface area contributed by atoms with E-state index in [0.717, 1.165) is 43.9 Å². The minimum Gasteiger partial charge on any atom is -0.357 e. The third-order valence-electron chi connectivity index (χ3n) is 4.83.